The number of aryl methyl sites for hydroxylation is 2. The lowest BCUT2D eigenvalue weighted by Crippen LogP contribution is -1.97. The van der Waals surface area contributed by atoms with E-state index >= 15 is 0 Å². The number of imidazole rings is 1. The molecule has 0 radical (unpaired) electrons. The Morgan fingerprint density at radius 3 is 1.75 bits per heavy atom. The number of unbranched alkanes of at least 4 members (excludes halogenated alkanes) is 11. The zero-order valence-corrected chi connectivity index (χ0v) is 13.7. The molecule has 116 valence electrons. The largest absolute Gasteiger partial charge is 0.338 e. The molecule has 1 aromatic rings. The summed E-state index contributed by atoms with van der Waals surface area (Å²) in [5, 5.41) is 0. The van der Waals surface area contributed by atoms with Crippen LogP contribution in [0, 0.1) is 0 Å². The van der Waals surface area contributed by atoms with Gasteiger partial charge in [-0.15, -0.1) is 0 Å². The van der Waals surface area contributed by atoms with E-state index in [1.54, 1.807) is 0 Å². The molecule has 2 heteroatoms. The Bertz CT molecular complexity index is 317. The Morgan fingerprint density at radius 2 is 1.30 bits per heavy atom. The van der Waals surface area contributed by atoms with Crippen molar-refractivity contribution in [2.75, 3.05) is 0 Å². The van der Waals surface area contributed by atoms with Crippen LogP contribution in [-0.4, -0.2) is 9.55 Å². The average molecular weight is 278 g/mol. The quantitative estimate of drug-likeness (QED) is 0.425. The Morgan fingerprint density at radius 1 is 0.800 bits per heavy atom. The van der Waals surface area contributed by atoms with Crippen LogP contribution in [0.15, 0.2) is 12.4 Å². The van der Waals surface area contributed by atoms with Crippen LogP contribution in [0.25, 0.3) is 0 Å². The molecule has 1 heterocycles. The van der Waals surface area contributed by atoms with E-state index in [1.165, 1.54) is 82.9 Å². The molecule has 20 heavy (non-hydrogen) atoms. The predicted octanol–water partition coefficient (Wildman–Crippen LogP) is 5.66. The third kappa shape index (κ3) is 8.39. The van der Waals surface area contributed by atoms with Crippen LogP contribution in [0.4, 0.5) is 0 Å². The fraction of sp³-hybridized carbons (Fsp3) is 0.833. The number of hydrogen-bond donors (Lipinski definition) is 0. The maximum atomic E-state index is 4.37. The van der Waals surface area contributed by atoms with Crippen molar-refractivity contribution in [3.8, 4) is 0 Å². The zero-order chi connectivity index (χ0) is 14.5. The summed E-state index contributed by atoms with van der Waals surface area (Å²) in [4.78, 5) is 4.37. The molecule has 1 aromatic heterocycles. The highest BCUT2D eigenvalue weighted by atomic mass is 15.0. The molecule has 0 aliphatic carbocycles. The topological polar surface area (TPSA) is 17.8 Å². The van der Waals surface area contributed by atoms with E-state index in [4.69, 9.17) is 0 Å². The Hall–Kier alpha value is -0.790. The van der Waals surface area contributed by atoms with Crippen molar-refractivity contribution in [3.63, 3.8) is 0 Å². The number of nitrogens with zero attached hydrogens (tertiary/aromatic N) is 2. The Kier molecular flexibility index (Phi) is 10.3. The summed E-state index contributed by atoms with van der Waals surface area (Å²) in [6.45, 7) is 2.29. The fourth-order valence-corrected chi connectivity index (χ4v) is 2.76. The first-order chi connectivity index (χ1) is 9.84. The van der Waals surface area contributed by atoms with Gasteiger partial charge in [0.1, 0.15) is 5.82 Å². The van der Waals surface area contributed by atoms with Crippen molar-refractivity contribution < 1.29 is 0 Å². The minimum Gasteiger partial charge on any atom is -0.338 e. The summed E-state index contributed by atoms with van der Waals surface area (Å²) < 4.78 is 2.14. The standard InChI is InChI=1S/C18H34N2/c1-3-4-5-6-7-8-9-10-11-12-13-14-15-18-19-16-17-20(18)2/h16-17H,3-15H2,1-2H3. The first-order valence-electron chi connectivity index (χ1n) is 8.80. The molecule has 0 spiro atoms. The van der Waals surface area contributed by atoms with Crippen LogP contribution >= 0.6 is 0 Å². The van der Waals surface area contributed by atoms with E-state index < -0.39 is 0 Å². The van der Waals surface area contributed by atoms with Gasteiger partial charge in [0.2, 0.25) is 0 Å². The SMILES string of the molecule is CCCCCCCCCCCCCCc1nccn1C. The van der Waals surface area contributed by atoms with Gasteiger partial charge in [-0.3, -0.25) is 0 Å². The normalized spacial score (nSPS) is 11.1. The van der Waals surface area contributed by atoms with Crippen LogP contribution in [-0.2, 0) is 13.5 Å². The molecule has 0 bridgehead atoms. The highest BCUT2D eigenvalue weighted by Gasteiger charge is 1.98. The number of hydrogen-bond acceptors (Lipinski definition) is 1. The highest BCUT2D eigenvalue weighted by molar-refractivity contribution is 4.90. The van der Waals surface area contributed by atoms with Crippen LogP contribution in [0.5, 0.6) is 0 Å². The molecule has 0 atom stereocenters. The van der Waals surface area contributed by atoms with E-state index in [2.05, 4.69) is 23.5 Å². The number of rotatable bonds is 13. The lowest BCUT2D eigenvalue weighted by Gasteiger charge is -2.03. The second kappa shape index (κ2) is 12.0. The maximum absolute atomic E-state index is 4.37. The van der Waals surface area contributed by atoms with E-state index in [1.807, 2.05) is 12.4 Å². The first-order valence-corrected chi connectivity index (χ1v) is 8.80. The van der Waals surface area contributed by atoms with Gasteiger partial charge < -0.3 is 4.57 Å². The highest BCUT2D eigenvalue weighted by Crippen LogP contribution is 2.12. The lowest BCUT2D eigenvalue weighted by atomic mass is 10.0. The first kappa shape index (κ1) is 17.3. The second-order valence-corrected chi connectivity index (χ2v) is 6.09. The predicted molar refractivity (Wildman–Crippen MR) is 88.0 cm³/mol. The summed E-state index contributed by atoms with van der Waals surface area (Å²) in [6, 6.07) is 0. The van der Waals surface area contributed by atoms with Gasteiger partial charge in [0.05, 0.1) is 0 Å². The van der Waals surface area contributed by atoms with Gasteiger partial charge in [0.25, 0.3) is 0 Å². The van der Waals surface area contributed by atoms with Crippen LogP contribution < -0.4 is 0 Å². The summed E-state index contributed by atoms with van der Waals surface area (Å²) in [5.41, 5.74) is 0. The minimum absolute atomic E-state index is 1.14. The summed E-state index contributed by atoms with van der Waals surface area (Å²) >= 11 is 0. The minimum atomic E-state index is 1.14. The zero-order valence-electron chi connectivity index (χ0n) is 13.7. The summed E-state index contributed by atoms with van der Waals surface area (Å²) in [5.74, 6) is 1.23. The molecule has 0 aliphatic rings. The van der Waals surface area contributed by atoms with Crippen molar-refractivity contribution in [1.29, 1.82) is 0 Å². The van der Waals surface area contributed by atoms with Crippen molar-refractivity contribution in [2.45, 2.75) is 90.4 Å². The van der Waals surface area contributed by atoms with Crippen molar-refractivity contribution in [3.05, 3.63) is 18.2 Å². The van der Waals surface area contributed by atoms with Crippen molar-refractivity contribution in [1.82, 2.24) is 9.55 Å². The van der Waals surface area contributed by atoms with E-state index in [0.717, 1.165) is 6.42 Å². The molecule has 0 aromatic carbocycles. The van der Waals surface area contributed by atoms with Gasteiger partial charge in [-0.05, 0) is 6.42 Å². The molecule has 0 N–H and O–H groups in total. The maximum Gasteiger partial charge on any atom is 0.108 e. The van der Waals surface area contributed by atoms with Gasteiger partial charge in [-0.2, -0.15) is 0 Å². The third-order valence-corrected chi connectivity index (χ3v) is 4.17. The molecular weight excluding hydrogens is 244 g/mol. The molecule has 2 nitrogen and oxygen atoms in total. The molecule has 0 fully saturated rings. The van der Waals surface area contributed by atoms with E-state index in [0.29, 0.717) is 0 Å². The Labute approximate surface area is 126 Å². The van der Waals surface area contributed by atoms with Gasteiger partial charge in [-0.25, -0.2) is 4.98 Å². The monoisotopic (exact) mass is 278 g/mol. The molecule has 0 saturated carbocycles. The fourth-order valence-electron chi connectivity index (χ4n) is 2.76. The van der Waals surface area contributed by atoms with E-state index in [-0.39, 0.29) is 0 Å². The number of aromatic nitrogens is 2. The third-order valence-electron chi connectivity index (χ3n) is 4.17. The smallest absolute Gasteiger partial charge is 0.108 e. The van der Waals surface area contributed by atoms with Gasteiger partial charge >= 0.3 is 0 Å². The second-order valence-electron chi connectivity index (χ2n) is 6.09. The average Bonchev–Trinajstić information content (AvgIpc) is 2.85. The summed E-state index contributed by atoms with van der Waals surface area (Å²) in [6.07, 6.45) is 22.1. The molecular formula is C18H34N2. The molecule has 0 saturated heterocycles. The van der Waals surface area contributed by atoms with Crippen LogP contribution in [0.3, 0.4) is 0 Å². The molecule has 1 rings (SSSR count). The molecule has 0 aliphatic heterocycles. The van der Waals surface area contributed by atoms with Crippen molar-refractivity contribution >= 4 is 0 Å². The van der Waals surface area contributed by atoms with E-state index in [9.17, 15) is 0 Å². The van der Waals surface area contributed by atoms with Crippen molar-refractivity contribution in [2.24, 2.45) is 7.05 Å². The molecule has 0 unspecified atom stereocenters. The van der Waals surface area contributed by atoms with Gasteiger partial charge in [0, 0.05) is 25.9 Å². The van der Waals surface area contributed by atoms with Crippen LogP contribution in [0.2, 0.25) is 0 Å². The summed E-state index contributed by atoms with van der Waals surface area (Å²) in [7, 11) is 2.09. The lowest BCUT2D eigenvalue weighted by molar-refractivity contribution is 0.541. The van der Waals surface area contributed by atoms with Gasteiger partial charge in [0.15, 0.2) is 0 Å². The molecule has 0 amide bonds. The van der Waals surface area contributed by atoms with Crippen LogP contribution in [0.1, 0.15) is 89.8 Å². The van der Waals surface area contributed by atoms with Gasteiger partial charge in [-0.1, -0.05) is 77.6 Å². The Balaban J connectivity index is 1.78.